The molecule has 1 aromatic carbocycles. The van der Waals surface area contributed by atoms with Gasteiger partial charge in [0.1, 0.15) is 16.9 Å². The van der Waals surface area contributed by atoms with Crippen LogP contribution in [0.1, 0.15) is 95.9 Å². The van der Waals surface area contributed by atoms with Crippen LogP contribution in [0, 0.1) is 11.8 Å². The summed E-state index contributed by atoms with van der Waals surface area (Å²) in [6, 6.07) is 4.75. The Morgan fingerprint density at radius 1 is 1.16 bits per heavy atom. The van der Waals surface area contributed by atoms with Crippen molar-refractivity contribution in [2.75, 3.05) is 13.7 Å². The second kappa shape index (κ2) is 11.0. The number of likely N-dealkylation sites (tertiary alicyclic amines) is 1. The molecular formula is C30H43N3O5. The second-order valence-corrected chi connectivity index (χ2v) is 12.7. The van der Waals surface area contributed by atoms with E-state index in [4.69, 9.17) is 9.47 Å². The van der Waals surface area contributed by atoms with Crippen LogP contribution in [-0.4, -0.2) is 56.7 Å². The number of hydrogen-bond acceptors (Lipinski definition) is 7. The highest BCUT2D eigenvalue weighted by atomic mass is 16.6. The number of aromatic nitrogens is 2. The van der Waals surface area contributed by atoms with Gasteiger partial charge in [-0.25, -0.2) is 4.79 Å². The monoisotopic (exact) mass is 525 g/mol. The van der Waals surface area contributed by atoms with Crippen LogP contribution in [-0.2, 0) is 14.9 Å². The average molecular weight is 526 g/mol. The van der Waals surface area contributed by atoms with E-state index < -0.39 is 29.1 Å². The minimum absolute atomic E-state index is 0.0653. The number of benzene rings is 1. The van der Waals surface area contributed by atoms with E-state index in [1.165, 1.54) is 0 Å². The summed E-state index contributed by atoms with van der Waals surface area (Å²) in [5, 5.41) is 10.5. The minimum Gasteiger partial charge on any atom is -0.496 e. The summed E-state index contributed by atoms with van der Waals surface area (Å²) in [4.78, 5) is 38.9. The molecule has 0 radical (unpaired) electrons. The molecule has 3 rings (SSSR count). The van der Waals surface area contributed by atoms with Gasteiger partial charge in [-0.3, -0.25) is 14.8 Å². The zero-order chi connectivity index (χ0) is 28.5. The first-order valence-electron chi connectivity index (χ1n) is 13.3. The summed E-state index contributed by atoms with van der Waals surface area (Å²) in [6.45, 7) is 15.5. The molecule has 1 N–H and O–H groups in total. The van der Waals surface area contributed by atoms with E-state index >= 15 is 0 Å². The molecule has 8 nitrogen and oxygen atoms in total. The number of ether oxygens (including phenoxy) is 2. The molecule has 2 heterocycles. The zero-order valence-corrected chi connectivity index (χ0v) is 24.2. The van der Waals surface area contributed by atoms with Crippen LogP contribution in [0.25, 0.3) is 0 Å². The molecule has 0 aliphatic carbocycles. The van der Waals surface area contributed by atoms with Crippen molar-refractivity contribution in [2.24, 2.45) is 11.8 Å². The standard InChI is InChI=1S/C30H43N3O5/c1-19(2)15-30(27(36)38-29(6,7)8)16-21(18-34)25(23-17-31-12-13-32-23)33(30)26(35)20-10-11-22(28(3,4)5)24(14-20)37-9/h10-14,17,19,21,25,34H,15-16,18H2,1-9H3/t21-,25+,30-/m0/s1. The fourth-order valence-corrected chi connectivity index (χ4v) is 5.52. The molecule has 8 heteroatoms. The summed E-state index contributed by atoms with van der Waals surface area (Å²) in [5.74, 6) is -0.589. The Bertz CT molecular complexity index is 1140. The maximum Gasteiger partial charge on any atom is 0.332 e. The molecule has 1 fully saturated rings. The highest BCUT2D eigenvalue weighted by molar-refractivity contribution is 5.99. The third-order valence-electron chi connectivity index (χ3n) is 6.91. The normalized spacial score (nSPS) is 22.0. The fraction of sp³-hybridized carbons (Fsp3) is 0.600. The number of aliphatic hydroxyl groups is 1. The zero-order valence-electron chi connectivity index (χ0n) is 24.2. The molecule has 1 aromatic heterocycles. The smallest absolute Gasteiger partial charge is 0.332 e. The van der Waals surface area contributed by atoms with Gasteiger partial charge in [0.15, 0.2) is 0 Å². The van der Waals surface area contributed by atoms with Crippen LogP contribution in [0.2, 0.25) is 0 Å². The molecular weight excluding hydrogens is 482 g/mol. The van der Waals surface area contributed by atoms with Crippen molar-refractivity contribution in [1.29, 1.82) is 0 Å². The first kappa shape index (κ1) is 29.6. The van der Waals surface area contributed by atoms with Crippen LogP contribution in [0.4, 0.5) is 0 Å². The van der Waals surface area contributed by atoms with E-state index in [-0.39, 0.29) is 30.3 Å². The summed E-state index contributed by atoms with van der Waals surface area (Å²) in [5.41, 5.74) is -0.372. The van der Waals surface area contributed by atoms with Crippen LogP contribution < -0.4 is 4.74 Å². The number of carbonyl (C=O) groups is 2. The lowest BCUT2D eigenvalue weighted by Crippen LogP contribution is -2.56. The first-order valence-corrected chi connectivity index (χ1v) is 13.3. The average Bonchev–Trinajstić information content (AvgIpc) is 3.16. The highest BCUT2D eigenvalue weighted by Crippen LogP contribution is 2.51. The van der Waals surface area contributed by atoms with Crippen LogP contribution in [0.5, 0.6) is 5.75 Å². The van der Waals surface area contributed by atoms with Crippen LogP contribution in [0.15, 0.2) is 36.8 Å². The predicted octanol–water partition coefficient (Wildman–Crippen LogP) is 5.11. The molecule has 0 bridgehead atoms. The number of aliphatic hydroxyl groups excluding tert-OH is 1. The summed E-state index contributed by atoms with van der Waals surface area (Å²) >= 11 is 0. The van der Waals surface area contributed by atoms with E-state index in [1.807, 2.05) is 40.7 Å². The molecule has 0 unspecified atom stereocenters. The number of nitrogens with zero attached hydrogens (tertiary/aromatic N) is 3. The van der Waals surface area contributed by atoms with Gasteiger partial charge in [0.2, 0.25) is 0 Å². The van der Waals surface area contributed by atoms with Crippen LogP contribution >= 0.6 is 0 Å². The van der Waals surface area contributed by atoms with Gasteiger partial charge in [-0.15, -0.1) is 0 Å². The second-order valence-electron chi connectivity index (χ2n) is 12.7. The molecule has 0 spiro atoms. The number of amides is 1. The topological polar surface area (TPSA) is 102 Å². The Hall–Kier alpha value is -3.00. The van der Waals surface area contributed by atoms with Gasteiger partial charge in [-0.2, -0.15) is 0 Å². The molecule has 1 amide bonds. The first-order chi connectivity index (χ1) is 17.6. The van der Waals surface area contributed by atoms with Crippen molar-refractivity contribution < 1.29 is 24.2 Å². The van der Waals surface area contributed by atoms with Gasteiger partial charge in [0.05, 0.1) is 25.0 Å². The number of rotatable bonds is 7. The number of esters is 1. The van der Waals surface area contributed by atoms with Gasteiger partial charge in [-0.05, 0) is 62.6 Å². The number of methoxy groups -OCH3 is 1. The van der Waals surface area contributed by atoms with Crippen molar-refractivity contribution in [2.45, 2.75) is 90.8 Å². The van der Waals surface area contributed by atoms with Gasteiger partial charge in [0.25, 0.3) is 5.91 Å². The van der Waals surface area contributed by atoms with Crippen molar-refractivity contribution in [3.63, 3.8) is 0 Å². The van der Waals surface area contributed by atoms with Gasteiger partial charge < -0.3 is 19.5 Å². The van der Waals surface area contributed by atoms with E-state index in [0.717, 1.165) is 5.56 Å². The lowest BCUT2D eigenvalue weighted by Gasteiger charge is -2.41. The summed E-state index contributed by atoms with van der Waals surface area (Å²) in [7, 11) is 1.59. The number of carbonyl (C=O) groups excluding carboxylic acids is 2. The van der Waals surface area contributed by atoms with Crippen molar-refractivity contribution >= 4 is 11.9 Å². The van der Waals surface area contributed by atoms with Gasteiger partial charge in [-0.1, -0.05) is 40.7 Å². The van der Waals surface area contributed by atoms with Crippen molar-refractivity contribution in [3.8, 4) is 5.75 Å². The third-order valence-corrected chi connectivity index (χ3v) is 6.91. The summed E-state index contributed by atoms with van der Waals surface area (Å²) < 4.78 is 11.6. The number of hydrogen-bond donors (Lipinski definition) is 1. The van der Waals surface area contributed by atoms with E-state index in [2.05, 4.69) is 30.7 Å². The highest BCUT2D eigenvalue weighted by Gasteiger charge is 2.60. The van der Waals surface area contributed by atoms with E-state index in [1.54, 1.807) is 42.7 Å². The minimum atomic E-state index is -1.30. The molecule has 1 aliphatic heterocycles. The Labute approximate surface area is 226 Å². The Morgan fingerprint density at radius 2 is 1.84 bits per heavy atom. The Morgan fingerprint density at radius 3 is 2.34 bits per heavy atom. The van der Waals surface area contributed by atoms with Gasteiger partial charge >= 0.3 is 5.97 Å². The SMILES string of the molecule is COc1cc(C(=O)N2[C@@H](c3cnccn3)[C@H](CO)C[C@@]2(CC(C)C)C(=O)OC(C)(C)C)ccc1C(C)(C)C. The molecule has 2 aromatic rings. The van der Waals surface area contributed by atoms with Crippen molar-refractivity contribution in [1.82, 2.24) is 14.9 Å². The van der Waals surface area contributed by atoms with Crippen LogP contribution in [0.3, 0.4) is 0 Å². The molecule has 208 valence electrons. The molecule has 1 aliphatic rings. The maximum absolute atomic E-state index is 14.5. The van der Waals surface area contributed by atoms with Gasteiger partial charge in [0, 0.05) is 30.5 Å². The summed E-state index contributed by atoms with van der Waals surface area (Å²) in [6.07, 6.45) is 5.34. The fourth-order valence-electron chi connectivity index (χ4n) is 5.52. The Kier molecular flexibility index (Phi) is 8.56. The van der Waals surface area contributed by atoms with E-state index in [9.17, 15) is 14.7 Å². The molecule has 1 saturated heterocycles. The lowest BCUT2D eigenvalue weighted by atomic mass is 9.83. The third kappa shape index (κ3) is 6.01. The molecule has 38 heavy (non-hydrogen) atoms. The largest absolute Gasteiger partial charge is 0.496 e. The van der Waals surface area contributed by atoms with E-state index in [0.29, 0.717) is 23.4 Å². The predicted molar refractivity (Wildman–Crippen MR) is 146 cm³/mol. The molecule has 3 atom stereocenters. The lowest BCUT2D eigenvalue weighted by molar-refractivity contribution is -0.168. The molecule has 0 saturated carbocycles. The maximum atomic E-state index is 14.5. The Balaban J connectivity index is 2.26. The van der Waals surface area contributed by atoms with Crippen molar-refractivity contribution in [3.05, 3.63) is 53.6 Å². The quantitative estimate of drug-likeness (QED) is 0.502.